The molecule has 1 unspecified atom stereocenters. The fourth-order valence-electron chi connectivity index (χ4n) is 1.68. The summed E-state index contributed by atoms with van der Waals surface area (Å²) in [6, 6.07) is 0.0116. The molecule has 1 atom stereocenters. The summed E-state index contributed by atoms with van der Waals surface area (Å²) in [7, 11) is 1.68. The summed E-state index contributed by atoms with van der Waals surface area (Å²) in [5, 5.41) is 3.22. The molecule has 1 N–H and O–H groups in total. The van der Waals surface area contributed by atoms with Crippen LogP contribution in [0.3, 0.4) is 0 Å². The normalized spacial score (nSPS) is 22.4. The van der Waals surface area contributed by atoms with Crippen molar-refractivity contribution < 1.29 is 9.53 Å². The Balaban J connectivity index is 2.32. The molecule has 0 saturated carbocycles. The number of carbonyl (C=O) groups is 1. The van der Waals surface area contributed by atoms with Gasteiger partial charge in [-0.1, -0.05) is 13.8 Å². The van der Waals surface area contributed by atoms with E-state index in [1.807, 2.05) is 4.90 Å². The number of methoxy groups -OCH3 is 1. The van der Waals surface area contributed by atoms with Crippen LogP contribution in [0.5, 0.6) is 0 Å². The molecule has 0 spiro atoms. The molecule has 82 valence electrons. The van der Waals surface area contributed by atoms with Gasteiger partial charge in [0.15, 0.2) is 0 Å². The van der Waals surface area contributed by atoms with Crippen molar-refractivity contribution in [2.24, 2.45) is 5.92 Å². The number of amides is 1. The minimum absolute atomic E-state index is 0.0116. The fourth-order valence-corrected chi connectivity index (χ4v) is 1.68. The Morgan fingerprint density at radius 2 is 2.36 bits per heavy atom. The second-order valence-corrected chi connectivity index (χ2v) is 4.03. The molecule has 0 bridgehead atoms. The van der Waals surface area contributed by atoms with Gasteiger partial charge < -0.3 is 9.64 Å². The number of ether oxygens (including phenoxy) is 1. The molecular weight excluding hydrogens is 180 g/mol. The maximum atomic E-state index is 11.8. The number of rotatable bonds is 5. The molecule has 4 nitrogen and oxygen atoms in total. The van der Waals surface area contributed by atoms with Crippen molar-refractivity contribution in [3.05, 3.63) is 0 Å². The highest BCUT2D eigenvalue weighted by atomic mass is 16.5. The summed E-state index contributed by atoms with van der Waals surface area (Å²) in [6.45, 7) is 6.33. The van der Waals surface area contributed by atoms with Crippen molar-refractivity contribution in [3.8, 4) is 0 Å². The molecule has 1 fully saturated rings. The molecule has 14 heavy (non-hydrogen) atoms. The summed E-state index contributed by atoms with van der Waals surface area (Å²) in [6.07, 6.45) is 0.911. The van der Waals surface area contributed by atoms with Crippen LogP contribution >= 0.6 is 0 Å². The van der Waals surface area contributed by atoms with E-state index in [9.17, 15) is 4.79 Å². The van der Waals surface area contributed by atoms with Gasteiger partial charge in [0.25, 0.3) is 0 Å². The van der Waals surface area contributed by atoms with E-state index in [2.05, 4.69) is 19.2 Å². The second kappa shape index (κ2) is 5.32. The zero-order valence-electron chi connectivity index (χ0n) is 9.25. The lowest BCUT2D eigenvalue weighted by atomic mass is 10.1. The van der Waals surface area contributed by atoms with Crippen LogP contribution in [0, 0.1) is 5.92 Å². The van der Waals surface area contributed by atoms with Crippen LogP contribution in [-0.2, 0) is 9.53 Å². The molecule has 1 amide bonds. The van der Waals surface area contributed by atoms with Crippen molar-refractivity contribution in [2.75, 3.05) is 26.9 Å². The van der Waals surface area contributed by atoms with Gasteiger partial charge in [-0.3, -0.25) is 10.1 Å². The Labute approximate surface area is 85.6 Å². The maximum absolute atomic E-state index is 11.8. The van der Waals surface area contributed by atoms with Gasteiger partial charge in [-0.15, -0.1) is 0 Å². The highest BCUT2D eigenvalue weighted by Crippen LogP contribution is 2.11. The molecule has 0 aromatic rings. The van der Waals surface area contributed by atoms with Gasteiger partial charge in [-0.25, -0.2) is 0 Å². The highest BCUT2D eigenvalue weighted by Gasteiger charge is 2.32. The van der Waals surface area contributed by atoms with Gasteiger partial charge in [0, 0.05) is 20.3 Å². The van der Waals surface area contributed by atoms with E-state index in [0.29, 0.717) is 12.6 Å². The molecule has 1 aliphatic heterocycles. The Hall–Kier alpha value is -0.610. The van der Waals surface area contributed by atoms with Gasteiger partial charge >= 0.3 is 0 Å². The molecule has 0 radical (unpaired) electrons. The fraction of sp³-hybridized carbons (Fsp3) is 0.900. The van der Waals surface area contributed by atoms with Crippen molar-refractivity contribution in [3.63, 3.8) is 0 Å². The molecule has 1 saturated heterocycles. The highest BCUT2D eigenvalue weighted by molar-refractivity contribution is 5.83. The maximum Gasteiger partial charge on any atom is 0.241 e. The van der Waals surface area contributed by atoms with Crippen LogP contribution in [0.1, 0.15) is 20.3 Å². The lowest BCUT2D eigenvalue weighted by Crippen LogP contribution is -2.35. The minimum Gasteiger partial charge on any atom is -0.385 e. The lowest BCUT2D eigenvalue weighted by Gasteiger charge is -2.16. The first-order valence-corrected chi connectivity index (χ1v) is 5.18. The second-order valence-electron chi connectivity index (χ2n) is 4.03. The van der Waals surface area contributed by atoms with Crippen molar-refractivity contribution in [2.45, 2.75) is 26.3 Å². The molecule has 1 heterocycles. The van der Waals surface area contributed by atoms with E-state index in [0.717, 1.165) is 19.6 Å². The molecular formula is C10H20N2O2. The monoisotopic (exact) mass is 200 g/mol. The van der Waals surface area contributed by atoms with E-state index >= 15 is 0 Å². The third kappa shape index (κ3) is 2.69. The van der Waals surface area contributed by atoms with Gasteiger partial charge in [-0.05, 0) is 12.3 Å². The minimum atomic E-state index is 0.0116. The number of nitrogens with one attached hydrogen (secondary N) is 1. The van der Waals surface area contributed by atoms with E-state index < -0.39 is 0 Å². The number of carbonyl (C=O) groups excluding carboxylic acids is 1. The molecule has 0 aliphatic carbocycles. The Morgan fingerprint density at radius 1 is 1.64 bits per heavy atom. The smallest absolute Gasteiger partial charge is 0.241 e. The summed E-state index contributed by atoms with van der Waals surface area (Å²) in [5.74, 6) is 0.603. The first-order chi connectivity index (χ1) is 6.66. The van der Waals surface area contributed by atoms with E-state index in [-0.39, 0.29) is 11.9 Å². The first-order valence-electron chi connectivity index (χ1n) is 5.18. The Kier molecular flexibility index (Phi) is 4.35. The lowest BCUT2D eigenvalue weighted by molar-refractivity contribution is -0.129. The zero-order chi connectivity index (χ0) is 10.6. The number of hydrogen-bond donors (Lipinski definition) is 1. The Morgan fingerprint density at radius 3 is 2.86 bits per heavy atom. The molecule has 0 aromatic carbocycles. The number of nitrogens with zero attached hydrogens (tertiary/aromatic N) is 1. The summed E-state index contributed by atoms with van der Waals surface area (Å²) >= 11 is 0. The predicted octanol–water partition coefficient (Wildman–Crippen LogP) is 0.437. The van der Waals surface area contributed by atoms with Gasteiger partial charge in [-0.2, -0.15) is 0 Å². The Bertz CT molecular complexity index is 195. The average molecular weight is 200 g/mol. The van der Waals surface area contributed by atoms with Crippen molar-refractivity contribution in [1.29, 1.82) is 0 Å². The van der Waals surface area contributed by atoms with Crippen LogP contribution < -0.4 is 5.32 Å². The van der Waals surface area contributed by atoms with Gasteiger partial charge in [0.2, 0.25) is 5.91 Å². The van der Waals surface area contributed by atoms with Crippen LogP contribution in [-0.4, -0.2) is 43.8 Å². The van der Waals surface area contributed by atoms with Crippen LogP contribution in [0.25, 0.3) is 0 Å². The van der Waals surface area contributed by atoms with E-state index in [1.165, 1.54) is 0 Å². The largest absolute Gasteiger partial charge is 0.385 e. The molecule has 0 aromatic heterocycles. The van der Waals surface area contributed by atoms with Gasteiger partial charge in [0.05, 0.1) is 12.7 Å². The zero-order valence-corrected chi connectivity index (χ0v) is 9.25. The third-order valence-corrected chi connectivity index (χ3v) is 2.52. The van der Waals surface area contributed by atoms with Crippen molar-refractivity contribution >= 4 is 5.91 Å². The summed E-state index contributed by atoms with van der Waals surface area (Å²) in [5.41, 5.74) is 0. The first kappa shape index (κ1) is 11.5. The quantitative estimate of drug-likeness (QED) is 0.655. The SMILES string of the molecule is COCCCN1CNC(C(C)C)C1=O. The van der Waals surface area contributed by atoms with Crippen LogP contribution in [0.2, 0.25) is 0 Å². The average Bonchev–Trinajstić information content (AvgIpc) is 2.48. The predicted molar refractivity (Wildman–Crippen MR) is 54.8 cm³/mol. The van der Waals surface area contributed by atoms with E-state index in [1.54, 1.807) is 7.11 Å². The van der Waals surface area contributed by atoms with Crippen LogP contribution in [0.15, 0.2) is 0 Å². The van der Waals surface area contributed by atoms with Crippen LogP contribution in [0.4, 0.5) is 0 Å². The molecule has 1 aliphatic rings. The summed E-state index contributed by atoms with van der Waals surface area (Å²) < 4.78 is 4.95. The summed E-state index contributed by atoms with van der Waals surface area (Å²) in [4.78, 5) is 13.6. The van der Waals surface area contributed by atoms with E-state index in [4.69, 9.17) is 4.74 Å². The van der Waals surface area contributed by atoms with Gasteiger partial charge in [0.1, 0.15) is 0 Å². The molecule has 4 heteroatoms. The number of hydrogen-bond acceptors (Lipinski definition) is 3. The molecule has 1 rings (SSSR count). The van der Waals surface area contributed by atoms with Crippen molar-refractivity contribution in [1.82, 2.24) is 10.2 Å². The topological polar surface area (TPSA) is 41.6 Å². The standard InChI is InChI=1S/C10H20N2O2/c1-8(2)9-10(13)12(7-11-9)5-4-6-14-3/h8-9,11H,4-7H2,1-3H3. The third-order valence-electron chi connectivity index (χ3n) is 2.52.